The highest BCUT2D eigenvalue weighted by molar-refractivity contribution is 6.30. The van der Waals surface area contributed by atoms with E-state index >= 15 is 0 Å². The molecule has 0 spiro atoms. The lowest BCUT2D eigenvalue weighted by atomic mass is 10.0. The molecule has 0 aliphatic heterocycles. The molecule has 4 nitrogen and oxygen atoms in total. The number of rotatable bonds is 4. The Morgan fingerprint density at radius 3 is 2.52 bits per heavy atom. The predicted octanol–water partition coefficient (Wildman–Crippen LogP) is 3.45. The molecule has 0 aliphatic carbocycles. The van der Waals surface area contributed by atoms with Crippen molar-refractivity contribution >= 4 is 11.6 Å². The number of methoxy groups -OCH3 is 1. The van der Waals surface area contributed by atoms with Crippen molar-refractivity contribution in [1.29, 1.82) is 0 Å². The number of halogens is 3. The van der Waals surface area contributed by atoms with Crippen LogP contribution in [-0.4, -0.2) is 16.9 Å². The van der Waals surface area contributed by atoms with Gasteiger partial charge in [-0.25, -0.2) is 8.78 Å². The molecule has 1 aromatic carbocycles. The molecule has 1 unspecified atom stereocenters. The number of hydrogen-bond acceptors (Lipinski definition) is 3. The zero-order chi connectivity index (χ0) is 15.7. The zero-order valence-corrected chi connectivity index (χ0v) is 12.7. The second-order valence-electron chi connectivity index (χ2n) is 4.90. The van der Waals surface area contributed by atoms with Crippen LogP contribution in [0.3, 0.4) is 0 Å². The maximum Gasteiger partial charge on any atom is 0.161 e. The van der Waals surface area contributed by atoms with Gasteiger partial charge in [-0.1, -0.05) is 11.6 Å². The lowest BCUT2D eigenvalue weighted by Crippen LogP contribution is -2.20. The van der Waals surface area contributed by atoms with E-state index in [4.69, 9.17) is 22.1 Å². The van der Waals surface area contributed by atoms with Gasteiger partial charge in [0.25, 0.3) is 0 Å². The van der Waals surface area contributed by atoms with Gasteiger partial charge in [-0.05, 0) is 26.0 Å². The number of aromatic nitrogens is 2. The number of nitrogens with two attached hydrogens (primary N) is 1. The number of benzene rings is 1. The second-order valence-corrected chi connectivity index (χ2v) is 5.31. The van der Waals surface area contributed by atoms with E-state index in [1.54, 1.807) is 4.68 Å². The molecule has 0 bridgehead atoms. The van der Waals surface area contributed by atoms with Crippen LogP contribution in [0.5, 0.6) is 5.75 Å². The Balaban J connectivity index is 2.57. The average molecular weight is 316 g/mol. The Bertz CT molecular complexity index is 658. The zero-order valence-electron chi connectivity index (χ0n) is 11.9. The highest BCUT2D eigenvalue weighted by atomic mass is 35.5. The Morgan fingerprint density at radius 2 is 1.95 bits per heavy atom. The van der Waals surface area contributed by atoms with Gasteiger partial charge >= 0.3 is 0 Å². The minimum absolute atomic E-state index is 0.00222. The molecule has 2 rings (SSSR count). The normalized spacial score (nSPS) is 12.8. The summed E-state index contributed by atoms with van der Waals surface area (Å²) < 4.78 is 34.5. The number of ether oxygens (including phenoxy) is 1. The third-order valence-electron chi connectivity index (χ3n) is 3.18. The molecule has 2 aromatic rings. The lowest BCUT2D eigenvalue weighted by Gasteiger charge is -2.19. The van der Waals surface area contributed by atoms with Gasteiger partial charge in [0.15, 0.2) is 5.75 Å². The summed E-state index contributed by atoms with van der Waals surface area (Å²) in [6.07, 6.45) is 1.50. The van der Waals surface area contributed by atoms with Gasteiger partial charge in [-0.15, -0.1) is 0 Å². The summed E-state index contributed by atoms with van der Waals surface area (Å²) in [5, 5.41) is 3.89. The quantitative estimate of drug-likeness (QED) is 0.879. The van der Waals surface area contributed by atoms with Crippen molar-refractivity contribution in [2.24, 2.45) is 5.73 Å². The number of nitrogens with zero attached hydrogens (tertiary/aromatic N) is 2. The van der Waals surface area contributed by atoms with Crippen LogP contribution < -0.4 is 10.5 Å². The fourth-order valence-corrected chi connectivity index (χ4v) is 2.29. The molecule has 21 heavy (non-hydrogen) atoms. The molecule has 2 N–H and O–H groups in total. The maximum atomic E-state index is 14.0. The lowest BCUT2D eigenvalue weighted by molar-refractivity contribution is 0.399. The van der Waals surface area contributed by atoms with E-state index in [1.165, 1.54) is 13.3 Å². The Morgan fingerprint density at radius 1 is 1.29 bits per heavy atom. The van der Waals surface area contributed by atoms with Gasteiger partial charge in [0.1, 0.15) is 17.3 Å². The molecular weight excluding hydrogens is 300 g/mol. The van der Waals surface area contributed by atoms with E-state index in [0.29, 0.717) is 11.4 Å². The third kappa shape index (κ3) is 2.87. The van der Waals surface area contributed by atoms with E-state index in [9.17, 15) is 8.78 Å². The van der Waals surface area contributed by atoms with Crippen LogP contribution in [0.25, 0.3) is 0 Å². The fraction of sp³-hybridized carbons (Fsp3) is 0.357. The Labute approximate surface area is 126 Å². The molecule has 0 saturated carbocycles. The molecule has 0 amide bonds. The predicted molar refractivity (Wildman–Crippen MR) is 76.6 cm³/mol. The minimum Gasteiger partial charge on any atom is -0.493 e. The summed E-state index contributed by atoms with van der Waals surface area (Å²) in [4.78, 5) is 0. The average Bonchev–Trinajstić information content (AvgIpc) is 2.86. The first-order valence-electron chi connectivity index (χ1n) is 6.38. The van der Waals surface area contributed by atoms with Crippen LogP contribution in [0.4, 0.5) is 8.78 Å². The molecule has 1 aromatic heterocycles. The molecule has 0 radical (unpaired) electrons. The highest BCUT2D eigenvalue weighted by Gasteiger charge is 2.25. The first-order chi connectivity index (χ1) is 9.86. The first kappa shape index (κ1) is 15.7. The molecule has 1 atom stereocenters. The van der Waals surface area contributed by atoms with Crippen LogP contribution in [0.1, 0.15) is 37.2 Å². The van der Waals surface area contributed by atoms with E-state index < -0.39 is 17.7 Å². The van der Waals surface area contributed by atoms with Crippen molar-refractivity contribution in [3.05, 3.63) is 46.2 Å². The first-order valence-corrected chi connectivity index (χ1v) is 6.76. The highest BCUT2D eigenvalue weighted by Crippen LogP contribution is 2.32. The van der Waals surface area contributed by atoms with Gasteiger partial charge in [0, 0.05) is 11.6 Å². The Kier molecular flexibility index (Phi) is 4.49. The van der Waals surface area contributed by atoms with E-state index in [1.807, 2.05) is 13.8 Å². The monoisotopic (exact) mass is 315 g/mol. The largest absolute Gasteiger partial charge is 0.493 e. The van der Waals surface area contributed by atoms with Crippen molar-refractivity contribution in [2.45, 2.75) is 25.9 Å². The summed E-state index contributed by atoms with van der Waals surface area (Å²) in [5.74, 6) is -0.975. The topological polar surface area (TPSA) is 53.1 Å². The van der Waals surface area contributed by atoms with Crippen LogP contribution in [0, 0.1) is 11.6 Å². The molecule has 1 heterocycles. The second kappa shape index (κ2) is 5.99. The van der Waals surface area contributed by atoms with Crippen molar-refractivity contribution in [1.82, 2.24) is 9.78 Å². The van der Waals surface area contributed by atoms with Crippen molar-refractivity contribution in [3.63, 3.8) is 0 Å². The van der Waals surface area contributed by atoms with Crippen molar-refractivity contribution in [2.75, 3.05) is 7.11 Å². The van der Waals surface area contributed by atoms with Gasteiger partial charge in [-0.3, -0.25) is 4.68 Å². The molecular formula is C14H16ClF2N3O. The summed E-state index contributed by atoms with van der Waals surface area (Å²) in [7, 11) is 1.47. The smallest absolute Gasteiger partial charge is 0.161 e. The van der Waals surface area contributed by atoms with Gasteiger partial charge in [0.2, 0.25) is 0 Å². The van der Waals surface area contributed by atoms with E-state index in [0.717, 1.165) is 12.1 Å². The van der Waals surface area contributed by atoms with Gasteiger partial charge < -0.3 is 10.5 Å². The maximum absolute atomic E-state index is 14.0. The molecule has 114 valence electrons. The van der Waals surface area contributed by atoms with Crippen LogP contribution in [0.2, 0.25) is 5.02 Å². The van der Waals surface area contributed by atoms with Gasteiger partial charge in [-0.2, -0.15) is 5.10 Å². The van der Waals surface area contributed by atoms with E-state index in [-0.39, 0.29) is 16.6 Å². The van der Waals surface area contributed by atoms with Crippen LogP contribution in [-0.2, 0) is 0 Å². The summed E-state index contributed by atoms with van der Waals surface area (Å²) in [6, 6.07) is 0.987. The van der Waals surface area contributed by atoms with Crippen LogP contribution in [0.15, 0.2) is 18.3 Å². The molecule has 7 heteroatoms. The van der Waals surface area contributed by atoms with Crippen molar-refractivity contribution < 1.29 is 13.5 Å². The summed E-state index contributed by atoms with van der Waals surface area (Å²) in [6.45, 7) is 3.81. The molecule has 0 fully saturated rings. The van der Waals surface area contributed by atoms with E-state index in [2.05, 4.69) is 5.10 Å². The molecule has 0 aliphatic rings. The standard InChI is InChI=1S/C14H16ClF2N3O/c1-7(2)20-14(12(21-3)6-19-20)13(18)8-4-11(17)9(15)5-10(8)16/h4-7,13H,18H2,1-3H3. The SMILES string of the molecule is COc1cnn(C(C)C)c1C(N)c1cc(F)c(Cl)cc1F. The fourth-order valence-electron chi connectivity index (χ4n) is 2.14. The number of hydrogen-bond donors (Lipinski definition) is 1. The Hall–Kier alpha value is -1.66. The molecule has 0 saturated heterocycles. The van der Waals surface area contributed by atoms with Crippen LogP contribution >= 0.6 is 11.6 Å². The summed E-state index contributed by atoms with van der Waals surface area (Å²) in [5.41, 5.74) is 6.58. The van der Waals surface area contributed by atoms with Gasteiger partial charge in [0.05, 0.1) is 24.4 Å². The summed E-state index contributed by atoms with van der Waals surface area (Å²) >= 11 is 5.56. The minimum atomic E-state index is -0.920. The van der Waals surface area contributed by atoms with Crippen molar-refractivity contribution in [3.8, 4) is 5.75 Å². The third-order valence-corrected chi connectivity index (χ3v) is 3.47.